The quantitative estimate of drug-likeness (QED) is 0.488. The van der Waals surface area contributed by atoms with Crippen LogP contribution in [-0.4, -0.2) is 21.6 Å². The molecule has 0 saturated heterocycles. The number of ether oxygens (including phenoxy) is 1. The number of nitrogens with one attached hydrogen (secondary N) is 1. The Labute approximate surface area is 187 Å². The Kier molecular flexibility index (Phi) is 7.91. The van der Waals surface area contributed by atoms with Crippen LogP contribution in [0.1, 0.15) is 49.2 Å². The summed E-state index contributed by atoms with van der Waals surface area (Å²) in [5.74, 6) is -0.169. The Morgan fingerprint density at radius 2 is 2.00 bits per heavy atom. The first-order valence-electron chi connectivity index (χ1n) is 9.22. The van der Waals surface area contributed by atoms with Gasteiger partial charge in [-0.05, 0) is 25.5 Å². The average Bonchev–Trinajstić information content (AvgIpc) is 2.67. The lowest BCUT2D eigenvalue weighted by Crippen LogP contribution is -2.17. The van der Waals surface area contributed by atoms with Crippen LogP contribution < -0.4 is 16.0 Å². The van der Waals surface area contributed by atoms with Gasteiger partial charge in [0.25, 0.3) is 5.56 Å². The van der Waals surface area contributed by atoms with Crippen LogP contribution in [0, 0.1) is 0 Å². The van der Waals surface area contributed by atoms with Gasteiger partial charge in [0.05, 0.1) is 29.3 Å². The molecule has 0 aliphatic rings. The van der Waals surface area contributed by atoms with Gasteiger partial charge < -0.3 is 15.5 Å². The van der Waals surface area contributed by atoms with Crippen LogP contribution in [0.3, 0.4) is 0 Å². The first-order chi connectivity index (χ1) is 14.1. The maximum atomic E-state index is 13.4. The fraction of sp³-hybridized carbons (Fsp3) is 0.350. The predicted octanol–water partition coefficient (Wildman–Crippen LogP) is 5.00. The van der Waals surface area contributed by atoms with Crippen LogP contribution in [0.5, 0.6) is 5.75 Å². The number of pyridine rings is 1. The molecular formula is C20H21Cl2F3N4O2. The summed E-state index contributed by atoms with van der Waals surface area (Å²) < 4.78 is 45.7. The van der Waals surface area contributed by atoms with Crippen LogP contribution in [0.15, 0.2) is 35.3 Å². The highest BCUT2D eigenvalue weighted by Gasteiger charge is 2.35. The normalized spacial score (nSPS) is 13.5. The molecule has 3 rings (SSSR count). The molecule has 1 aromatic carbocycles. The Bertz CT molecular complexity index is 1120. The van der Waals surface area contributed by atoms with Gasteiger partial charge in [-0.1, -0.05) is 30.7 Å². The lowest BCUT2D eigenvalue weighted by Gasteiger charge is -2.20. The zero-order valence-electron chi connectivity index (χ0n) is 16.7. The molecule has 0 spiro atoms. The monoisotopic (exact) mass is 476 g/mol. The molecule has 0 aliphatic heterocycles. The van der Waals surface area contributed by atoms with E-state index in [1.165, 1.54) is 24.4 Å². The van der Waals surface area contributed by atoms with Crippen molar-refractivity contribution in [2.75, 3.05) is 6.61 Å². The number of halogens is 5. The maximum Gasteiger partial charge on any atom is 0.419 e. The molecule has 3 N–H and O–H groups in total. The number of hydrogen-bond donors (Lipinski definition) is 2. The first-order valence-corrected chi connectivity index (χ1v) is 9.59. The molecule has 2 heterocycles. The highest BCUT2D eigenvalue weighted by Crippen LogP contribution is 2.40. The standard InChI is InChI=1S/C20H20ClF3N4O2.ClH/c1-10(18-27-15-9-26-16(21)8-13(15)19(29)28-18)6-7-30-17-12(11(2)25)4-3-5-14(17)20(22,23)24;/h3-5,8-11H,6-7,25H2,1-2H3,(H,27,28,29);1H/t10?,11-;/m1./s1. The summed E-state index contributed by atoms with van der Waals surface area (Å²) in [6.07, 6.45) is -2.85. The SMILES string of the molecule is CC(CCOc1c([C@@H](C)N)cccc1C(F)(F)F)c1nc2cnc(Cl)cc2c(=O)[nH]1.Cl. The Hall–Kier alpha value is -2.36. The van der Waals surface area contributed by atoms with Gasteiger partial charge in [-0.25, -0.2) is 9.97 Å². The van der Waals surface area contributed by atoms with E-state index in [4.69, 9.17) is 22.1 Å². The number of rotatable bonds is 6. The molecule has 2 atom stereocenters. The smallest absolute Gasteiger partial charge is 0.419 e. The summed E-state index contributed by atoms with van der Waals surface area (Å²) in [6, 6.07) is 4.58. The second kappa shape index (κ2) is 9.84. The number of fused-ring (bicyclic) bond motifs is 1. The van der Waals surface area contributed by atoms with Gasteiger partial charge in [-0.2, -0.15) is 13.2 Å². The molecular weight excluding hydrogens is 456 g/mol. The number of nitrogens with zero attached hydrogens (tertiary/aromatic N) is 2. The largest absolute Gasteiger partial charge is 0.493 e. The van der Waals surface area contributed by atoms with E-state index in [1.807, 2.05) is 0 Å². The molecule has 0 radical (unpaired) electrons. The molecule has 1 unspecified atom stereocenters. The maximum absolute atomic E-state index is 13.4. The highest BCUT2D eigenvalue weighted by atomic mass is 35.5. The van der Waals surface area contributed by atoms with E-state index in [-0.39, 0.29) is 47.0 Å². The summed E-state index contributed by atoms with van der Waals surface area (Å²) in [5.41, 5.74) is 5.24. The molecule has 168 valence electrons. The van der Waals surface area contributed by atoms with Crippen LogP contribution >= 0.6 is 24.0 Å². The molecule has 2 aromatic heterocycles. The van der Waals surface area contributed by atoms with Crippen molar-refractivity contribution in [1.82, 2.24) is 15.0 Å². The van der Waals surface area contributed by atoms with E-state index in [1.54, 1.807) is 13.8 Å². The summed E-state index contributed by atoms with van der Waals surface area (Å²) in [4.78, 5) is 23.2. The van der Waals surface area contributed by atoms with Crippen molar-refractivity contribution < 1.29 is 17.9 Å². The van der Waals surface area contributed by atoms with E-state index in [2.05, 4.69) is 15.0 Å². The lowest BCUT2D eigenvalue weighted by atomic mass is 10.0. The Morgan fingerprint density at radius 1 is 1.29 bits per heavy atom. The minimum atomic E-state index is -4.56. The molecule has 3 aromatic rings. The molecule has 11 heteroatoms. The molecule has 0 amide bonds. The lowest BCUT2D eigenvalue weighted by molar-refractivity contribution is -0.139. The number of para-hydroxylation sites is 1. The molecule has 0 bridgehead atoms. The van der Waals surface area contributed by atoms with Gasteiger partial charge in [0.2, 0.25) is 0 Å². The van der Waals surface area contributed by atoms with Gasteiger partial charge in [-0.3, -0.25) is 4.79 Å². The Morgan fingerprint density at radius 3 is 2.65 bits per heavy atom. The van der Waals surface area contributed by atoms with E-state index in [0.29, 0.717) is 23.1 Å². The van der Waals surface area contributed by atoms with Crippen molar-refractivity contribution in [2.24, 2.45) is 5.73 Å². The van der Waals surface area contributed by atoms with Crippen molar-refractivity contribution in [2.45, 2.75) is 38.4 Å². The van der Waals surface area contributed by atoms with Crippen molar-refractivity contribution in [3.63, 3.8) is 0 Å². The summed E-state index contributed by atoms with van der Waals surface area (Å²) in [7, 11) is 0. The summed E-state index contributed by atoms with van der Waals surface area (Å²) in [6.45, 7) is 3.36. The van der Waals surface area contributed by atoms with Gasteiger partial charge in [0, 0.05) is 17.5 Å². The number of aromatic amines is 1. The number of alkyl halides is 3. The molecule has 0 saturated carbocycles. The minimum absolute atomic E-state index is 0. The fourth-order valence-corrected chi connectivity index (χ4v) is 3.20. The van der Waals surface area contributed by atoms with Crippen LogP contribution in [0.25, 0.3) is 10.9 Å². The van der Waals surface area contributed by atoms with Crippen molar-refractivity contribution >= 4 is 34.9 Å². The van der Waals surface area contributed by atoms with Crippen molar-refractivity contribution in [3.8, 4) is 5.75 Å². The summed E-state index contributed by atoms with van der Waals surface area (Å²) >= 11 is 5.80. The van der Waals surface area contributed by atoms with Crippen LogP contribution in [0.4, 0.5) is 13.2 Å². The van der Waals surface area contributed by atoms with Gasteiger partial charge in [0.1, 0.15) is 16.7 Å². The number of benzene rings is 1. The first kappa shape index (κ1) is 24.9. The van der Waals surface area contributed by atoms with Crippen molar-refractivity contribution in [3.05, 3.63) is 62.9 Å². The van der Waals surface area contributed by atoms with E-state index in [9.17, 15) is 18.0 Å². The topological polar surface area (TPSA) is 93.9 Å². The number of aromatic nitrogens is 3. The molecule has 0 fully saturated rings. The predicted molar refractivity (Wildman–Crippen MR) is 115 cm³/mol. The highest BCUT2D eigenvalue weighted by molar-refractivity contribution is 6.30. The molecule has 6 nitrogen and oxygen atoms in total. The second-order valence-electron chi connectivity index (χ2n) is 7.02. The summed E-state index contributed by atoms with van der Waals surface area (Å²) in [5, 5.41) is 0.486. The van der Waals surface area contributed by atoms with E-state index < -0.39 is 17.8 Å². The zero-order chi connectivity index (χ0) is 22.1. The van der Waals surface area contributed by atoms with Crippen LogP contribution in [-0.2, 0) is 6.18 Å². The van der Waals surface area contributed by atoms with Crippen molar-refractivity contribution in [1.29, 1.82) is 0 Å². The third kappa shape index (κ3) is 5.66. The number of hydrogen-bond acceptors (Lipinski definition) is 5. The third-order valence-corrected chi connectivity index (χ3v) is 4.89. The Balaban J connectivity index is 0.00000341. The fourth-order valence-electron chi connectivity index (χ4n) is 3.04. The molecule has 31 heavy (non-hydrogen) atoms. The zero-order valence-corrected chi connectivity index (χ0v) is 18.2. The number of nitrogens with two attached hydrogens (primary N) is 1. The second-order valence-corrected chi connectivity index (χ2v) is 7.41. The van der Waals surface area contributed by atoms with Gasteiger partial charge >= 0.3 is 6.18 Å². The van der Waals surface area contributed by atoms with Crippen LogP contribution in [0.2, 0.25) is 5.15 Å². The number of H-pyrrole nitrogens is 1. The third-order valence-electron chi connectivity index (χ3n) is 4.68. The minimum Gasteiger partial charge on any atom is -0.493 e. The average molecular weight is 477 g/mol. The van der Waals surface area contributed by atoms with E-state index in [0.717, 1.165) is 6.07 Å². The van der Waals surface area contributed by atoms with E-state index >= 15 is 0 Å². The van der Waals surface area contributed by atoms with Gasteiger partial charge in [0.15, 0.2) is 0 Å². The molecule has 0 aliphatic carbocycles. The van der Waals surface area contributed by atoms with Gasteiger partial charge in [-0.15, -0.1) is 12.4 Å².